The van der Waals surface area contributed by atoms with E-state index in [9.17, 15) is 9.59 Å². The number of carbonyl (C=O) groups excluding carboxylic acids is 2. The molecule has 1 aromatic carbocycles. The molecular formula is C18H27N3O3. The molecule has 0 bridgehead atoms. The van der Waals surface area contributed by atoms with Crippen molar-refractivity contribution in [3.05, 3.63) is 28.8 Å². The Balaban J connectivity index is 2.02. The van der Waals surface area contributed by atoms with E-state index >= 15 is 0 Å². The summed E-state index contributed by atoms with van der Waals surface area (Å²) in [5, 5.41) is 5.62. The maximum atomic E-state index is 12.3. The summed E-state index contributed by atoms with van der Waals surface area (Å²) < 4.78 is 5.21. The molecule has 0 spiro atoms. The van der Waals surface area contributed by atoms with Crippen molar-refractivity contribution < 1.29 is 14.3 Å². The summed E-state index contributed by atoms with van der Waals surface area (Å²) in [6.07, 6.45) is 1.86. The van der Waals surface area contributed by atoms with Crippen molar-refractivity contribution in [3.63, 3.8) is 0 Å². The van der Waals surface area contributed by atoms with Gasteiger partial charge in [-0.2, -0.15) is 0 Å². The number of hydrogen-bond donors (Lipinski definition) is 3. The molecule has 6 nitrogen and oxygen atoms in total. The van der Waals surface area contributed by atoms with E-state index < -0.39 is 11.7 Å². The first-order chi connectivity index (χ1) is 11.2. The molecule has 0 aliphatic heterocycles. The third kappa shape index (κ3) is 5.44. The smallest absolute Gasteiger partial charge is 0.407 e. The van der Waals surface area contributed by atoms with E-state index in [0.717, 1.165) is 11.1 Å². The van der Waals surface area contributed by atoms with Crippen molar-refractivity contribution in [1.82, 2.24) is 10.6 Å². The molecular weight excluding hydrogens is 306 g/mol. The van der Waals surface area contributed by atoms with Gasteiger partial charge in [0.1, 0.15) is 5.60 Å². The Hall–Kier alpha value is -2.24. The molecule has 0 heterocycles. The van der Waals surface area contributed by atoms with Gasteiger partial charge in [0, 0.05) is 18.8 Å². The summed E-state index contributed by atoms with van der Waals surface area (Å²) in [4.78, 5) is 24.1. The molecule has 1 fully saturated rings. The first kappa shape index (κ1) is 18.1. The minimum atomic E-state index is -0.547. The van der Waals surface area contributed by atoms with Crippen LogP contribution in [0.15, 0.2) is 12.1 Å². The maximum Gasteiger partial charge on any atom is 0.407 e. The first-order valence-electron chi connectivity index (χ1n) is 8.30. The lowest BCUT2D eigenvalue weighted by Crippen LogP contribution is -2.32. The molecule has 1 aromatic rings. The zero-order valence-electron chi connectivity index (χ0n) is 14.9. The largest absolute Gasteiger partial charge is 0.444 e. The summed E-state index contributed by atoms with van der Waals surface area (Å²) in [5.41, 5.74) is 8.05. The molecule has 0 atom stereocenters. The number of nitrogens with two attached hydrogens (primary N) is 1. The second-order valence-electron chi connectivity index (χ2n) is 7.38. The Morgan fingerprint density at radius 2 is 1.92 bits per heavy atom. The van der Waals surface area contributed by atoms with Gasteiger partial charge in [-0.3, -0.25) is 4.79 Å². The Morgan fingerprint density at radius 1 is 1.25 bits per heavy atom. The summed E-state index contributed by atoms with van der Waals surface area (Å²) >= 11 is 0. The molecule has 132 valence electrons. The Kier molecular flexibility index (Phi) is 5.36. The van der Waals surface area contributed by atoms with Crippen LogP contribution in [0.2, 0.25) is 0 Å². The molecule has 0 saturated heterocycles. The van der Waals surface area contributed by atoms with E-state index in [1.54, 1.807) is 6.07 Å². The van der Waals surface area contributed by atoms with Crippen LogP contribution in [0.1, 0.15) is 55.1 Å². The summed E-state index contributed by atoms with van der Waals surface area (Å²) in [6, 6.07) is 3.59. The van der Waals surface area contributed by atoms with Crippen LogP contribution < -0.4 is 16.4 Å². The Bertz CT molecular complexity index is 631. The van der Waals surface area contributed by atoms with Crippen LogP contribution in [0.4, 0.5) is 10.5 Å². The number of rotatable bonds is 5. The van der Waals surface area contributed by atoms with Crippen molar-refractivity contribution in [2.24, 2.45) is 5.92 Å². The number of nitrogen functional groups attached to an aromatic ring is 1. The molecule has 24 heavy (non-hydrogen) atoms. The van der Waals surface area contributed by atoms with Crippen LogP contribution >= 0.6 is 0 Å². The number of hydrogen-bond acceptors (Lipinski definition) is 4. The van der Waals surface area contributed by atoms with Gasteiger partial charge >= 0.3 is 6.09 Å². The molecule has 2 amide bonds. The lowest BCUT2D eigenvalue weighted by Gasteiger charge is -2.20. The number of amides is 2. The van der Waals surface area contributed by atoms with Crippen molar-refractivity contribution in [2.75, 3.05) is 12.3 Å². The van der Waals surface area contributed by atoms with Gasteiger partial charge in [-0.25, -0.2) is 4.79 Å². The van der Waals surface area contributed by atoms with Gasteiger partial charge in [0.2, 0.25) is 0 Å². The Morgan fingerprint density at radius 3 is 2.50 bits per heavy atom. The van der Waals surface area contributed by atoms with Crippen LogP contribution in [-0.4, -0.2) is 24.1 Å². The van der Waals surface area contributed by atoms with Gasteiger partial charge in [0.05, 0.1) is 5.56 Å². The van der Waals surface area contributed by atoms with Crippen LogP contribution in [0.5, 0.6) is 0 Å². The van der Waals surface area contributed by atoms with Gasteiger partial charge in [-0.05, 0) is 63.6 Å². The van der Waals surface area contributed by atoms with E-state index in [1.807, 2.05) is 33.8 Å². The first-order valence-corrected chi connectivity index (χ1v) is 8.30. The van der Waals surface area contributed by atoms with Crippen molar-refractivity contribution >= 4 is 17.7 Å². The van der Waals surface area contributed by atoms with Crippen LogP contribution in [0.25, 0.3) is 0 Å². The fourth-order valence-corrected chi connectivity index (χ4v) is 2.31. The highest BCUT2D eigenvalue weighted by Crippen LogP contribution is 2.28. The average molecular weight is 333 g/mol. The minimum absolute atomic E-state index is 0.165. The SMILES string of the molecule is Cc1cc(CNC(=O)OC(C)(C)C)cc(C(=O)NCC2CC2)c1N. The fraction of sp³-hybridized carbons (Fsp3) is 0.556. The molecule has 0 unspecified atom stereocenters. The molecule has 4 N–H and O–H groups in total. The summed E-state index contributed by atoms with van der Waals surface area (Å²) in [5.74, 6) is 0.440. The monoisotopic (exact) mass is 333 g/mol. The standard InChI is InChI=1S/C18H27N3O3/c1-11-7-13(10-21-17(23)24-18(2,3)4)8-14(15(11)19)16(22)20-9-12-5-6-12/h7-8,12H,5-6,9-10,19H2,1-4H3,(H,20,22)(H,21,23). The summed E-state index contributed by atoms with van der Waals surface area (Å²) in [6.45, 7) is 8.24. The van der Waals surface area contributed by atoms with Crippen LogP contribution in [0, 0.1) is 12.8 Å². The predicted octanol–water partition coefficient (Wildman–Crippen LogP) is 2.74. The molecule has 6 heteroatoms. The van der Waals surface area contributed by atoms with Gasteiger partial charge in [0.15, 0.2) is 0 Å². The number of aryl methyl sites for hydroxylation is 1. The average Bonchev–Trinajstić information content (AvgIpc) is 3.28. The lowest BCUT2D eigenvalue weighted by molar-refractivity contribution is 0.0523. The molecule has 1 saturated carbocycles. The third-order valence-electron chi connectivity index (χ3n) is 3.78. The van der Waals surface area contributed by atoms with Crippen LogP contribution in [-0.2, 0) is 11.3 Å². The molecule has 2 rings (SSSR count). The zero-order chi connectivity index (χ0) is 17.9. The van der Waals surface area contributed by atoms with Crippen LogP contribution in [0.3, 0.4) is 0 Å². The second-order valence-corrected chi connectivity index (χ2v) is 7.38. The predicted molar refractivity (Wildman–Crippen MR) is 93.7 cm³/mol. The highest BCUT2D eigenvalue weighted by molar-refractivity contribution is 6.00. The highest BCUT2D eigenvalue weighted by atomic mass is 16.6. The Labute approximate surface area is 143 Å². The van der Waals surface area contributed by atoms with Gasteiger partial charge in [-0.1, -0.05) is 6.07 Å². The van der Waals surface area contributed by atoms with Gasteiger partial charge < -0.3 is 21.1 Å². The fourth-order valence-electron chi connectivity index (χ4n) is 2.31. The number of nitrogens with one attached hydrogen (secondary N) is 2. The number of benzene rings is 1. The molecule has 0 aromatic heterocycles. The minimum Gasteiger partial charge on any atom is -0.444 e. The zero-order valence-corrected chi connectivity index (χ0v) is 14.9. The lowest BCUT2D eigenvalue weighted by atomic mass is 10.0. The molecule has 0 radical (unpaired) electrons. The van der Waals surface area contributed by atoms with E-state index in [4.69, 9.17) is 10.5 Å². The van der Waals surface area contributed by atoms with Crippen molar-refractivity contribution in [2.45, 2.75) is 52.7 Å². The van der Waals surface area contributed by atoms with Gasteiger partial charge in [-0.15, -0.1) is 0 Å². The number of carbonyl (C=O) groups is 2. The summed E-state index contributed by atoms with van der Waals surface area (Å²) in [7, 11) is 0. The van der Waals surface area contributed by atoms with Crippen molar-refractivity contribution in [3.8, 4) is 0 Å². The van der Waals surface area contributed by atoms with E-state index in [1.165, 1.54) is 12.8 Å². The number of ether oxygens (including phenoxy) is 1. The molecule has 1 aliphatic carbocycles. The third-order valence-corrected chi connectivity index (χ3v) is 3.78. The normalized spacial score (nSPS) is 14.2. The highest BCUT2D eigenvalue weighted by Gasteiger charge is 2.23. The number of alkyl carbamates (subject to hydrolysis) is 1. The van der Waals surface area contributed by atoms with E-state index in [2.05, 4.69) is 10.6 Å². The molecule has 1 aliphatic rings. The van der Waals surface area contributed by atoms with Gasteiger partial charge in [0.25, 0.3) is 5.91 Å². The second kappa shape index (κ2) is 7.11. The van der Waals surface area contributed by atoms with E-state index in [0.29, 0.717) is 23.7 Å². The van der Waals surface area contributed by atoms with E-state index in [-0.39, 0.29) is 12.5 Å². The topological polar surface area (TPSA) is 93.4 Å². The number of anilines is 1. The van der Waals surface area contributed by atoms with Crippen molar-refractivity contribution in [1.29, 1.82) is 0 Å². The quantitative estimate of drug-likeness (QED) is 0.722. The maximum absolute atomic E-state index is 12.3.